The van der Waals surface area contributed by atoms with E-state index in [1.807, 2.05) is 12.1 Å². The first-order valence-corrected chi connectivity index (χ1v) is 11.2. The standard InChI is InChI=1S/C28H34O4/c1-9-32-24(29)13-11-19-10-12-23(30-7)25(26(19)31-8)20-17-22-21(16-18(20)2)27(3,4)14-15-28(22,5)6/h10,12,16-17H,9,14-15H2,1-8H3. The topological polar surface area (TPSA) is 44.8 Å². The first-order valence-electron chi connectivity index (χ1n) is 11.2. The van der Waals surface area contributed by atoms with Crippen LogP contribution in [0.2, 0.25) is 0 Å². The Labute approximate surface area is 192 Å². The summed E-state index contributed by atoms with van der Waals surface area (Å²) in [5.74, 6) is 6.21. The van der Waals surface area contributed by atoms with E-state index in [1.54, 1.807) is 21.1 Å². The second-order valence-corrected chi connectivity index (χ2v) is 9.67. The third kappa shape index (κ3) is 4.35. The maximum absolute atomic E-state index is 11.8. The molecule has 1 aliphatic rings. The van der Waals surface area contributed by atoms with Gasteiger partial charge in [0.05, 0.1) is 32.0 Å². The maximum atomic E-state index is 11.8. The van der Waals surface area contributed by atoms with E-state index in [0.717, 1.165) is 29.5 Å². The number of ether oxygens (including phenoxy) is 3. The number of carbonyl (C=O) groups is 1. The molecule has 0 unspecified atom stereocenters. The lowest BCUT2D eigenvalue weighted by atomic mass is 9.62. The van der Waals surface area contributed by atoms with Crippen LogP contribution in [0.5, 0.6) is 11.5 Å². The van der Waals surface area contributed by atoms with Crippen LogP contribution in [0.4, 0.5) is 0 Å². The zero-order valence-electron chi connectivity index (χ0n) is 20.6. The molecule has 4 nitrogen and oxygen atoms in total. The van der Waals surface area contributed by atoms with Crippen molar-refractivity contribution in [2.24, 2.45) is 0 Å². The zero-order chi connectivity index (χ0) is 23.7. The third-order valence-corrected chi connectivity index (χ3v) is 6.59. The van der Waals surface area contributed by atoms with Crippen molar-refractivity contribution in [2.75, 3.05) is 20.8 Å². The van der Waals surface area contributed by atoms with Gasteiger partial charge in [-0.1, -0.05) is 39.7 Å². The predicted molar refractivity (Wildman–Crippen MR) is 129 cm³/mol. The van der Waals surface area contributed by atoms with Crippen LogP contribution in [0.15, 0.2) is 24.3 Å². The van der Waals surface area contributed by atoms with E-state index in [1.165, 1.54) is 11.1 Å². The first-order chi connectivity index (χ1) is 15.1. The first kappa shape index (κ1) is 23.7. The highest BCUT2D eigenvalue weighted by Crippen LogP contribution is 2.50. The minimum atomic E-state index is -0.555. The van der Waals surface area contributed by atoms with Gasteiger partial charge in [0.15, 0.2) is 0 Å². The summed E-state index contributed by atoms with van der Waals surface area (Å²) in [6.45, 7) is 13.5. The molecule has 32 heavy (non-hydrogen) atoms. The zero-order valence-corrected chi connectivity index (χ0v) is 20.6. The van der Waals surface area contributed by atoms with Gasteiger partial charge in [-0.05, 0) is 78.0 Å². The normalized spacial score (nSPS) is 15.8. The van der Waals surface area contributed by atoms with Gasteiger partial charge in [0, 0.05) is 5.92 Å². The summed E-state index contributed by atoms with van der Waals surface area (Å²) in [4.78, 5) is 11.8. The molecule has 0 aromatic heterocycles. The molecule has 0 amide bonds. The van der Waals surface area contributed by atoms with Gasteiger partial charge in [-0.25, -0.2) is 4.79 Å². The summed E-state index contributed by atoms with van der Waals surface area (Å²) in [6.07, 6.45) is 2.30. The van der Waals surface area contributed by atoms with Crippen molar-refractivity contribution in [3.05, 3.63) is 46.5 Å². The molecule has 2 aromatic carbocycles. The summed E-state index contributed by atoms with van der Waals surface area (Å²) in [7, 11) is 3.28. The molecule has 0 bridgehead atoms. The second kappa shape index (κ2) is 8.90. The fourth-order valence-corrected chi connectivity index (χ4v) is 4.58. The summed E-state index contributed by atoms with van der Waals surface area (Å²) in [5, 5.41) is 0. The minimum Gasteiger partial charge on any atom is -0.496 e. The van der Waals surface area contributed by atoms with Crippen molar-refractivity contribution in [2.45, 2.75) is 65.2 Å². The van der Waals surface area contributed by atoms with Gasteiger partial charge in [-0.2, -0.15) is 0 Å². The Morgan fingerprint density at radius 1 is 1.00 bits per heavy atom. The molecule has 0 saturated carbocycles. The lowest BCUT2D eigenvalue weighted by Crippen LogP contribution is -2.34. The molecule has 4 heteroatoms. The van der Waals surface area contributed by atoms with E-state index < -0.39 is 5.97 Å². The van der Waals surface area contributed by atoms with Gasteiger partial charge >= 0.3 is 5.97 Å². The van der Waals surface area contributed by atoms with Crippen molar-refractivity contribution in [3.8, 4) is 34.5 Å². The molecular formula is C28H34O4. The van der Waals surface area contributed by atoms with Crippen LogP contribution in [-0.4, -0.2) is 26.8 Å². The monoisotopic (exact) mass is 434 g/mol. The number of aryl methyl sites for hydroxylation is 1. The van der Waals surface area contributed by atoms with Crippen molar-refractivity contribution < 1.29 is 19.0 Å². The predicted octanol–water partition coefficient (Wildman–Crippen LogP) is 5.94. The Hall–Kier alpha value is -2.93. The molecule has 1 aliphatic carbocycles. The van der Waals surface area contributed by atoms with Crippen LogP contribution in [0.1, 0.15) is 69.7 Å². The molecule has 0 N–H and O–H groups in total. The Balaban J connectivity index is 2.28. The number of esters is 1. The fourth-order valence-electron chi connectivity index (χ4n) is 4.58. The average Bonchev–Trinajstić information content (AvgIpc) is 2.75. The SMILES string of the molecule is CCOC(=O)C#Cc1ccc(OC)c(-c2cc3c(cc2C)C(C)(C)CCC3(C)C)c1OC. The molecule has 2 aromatic rings. The fraction of sp³-hybridized carbons (Fsp3) is 0.464. The molecule has 0 radical (unpaired) electrons. The highest BCUT2D eigenvalue weighted by molar-refractivity contribution is 5.90. The van der Waals surface area contributed by atoms with E-state index in [4.69, 9.17) is 14.2 Å². The number of benzene rings is 2. The molecule has 0 heterocycles. The Morgan fingerprint density at radius 3 is 2.19 bits per heavy atom. The number of methoxy groups -OCH3 is 2. The van der Waals surface area contributed by atoms with Gasteiger partial charge in [0.25, 0.3) is 0 Å². The quantitative estimate of drug-likeness (QED) is 0.441. The largest absolute Gasteiger partial charge is 0.496 e. The Morgan fingerprint density at radius 2 is 1.62 bits per heavy atom. The van der Waals surface area contributed by atoms with Crippen LogP contribution in [0, 0.1) is 18.8 Å². The van der Waals surface area contributed by atoms with Crippen LogP contribution >= 0.6 is 0 Å². The van der Waals surface area contributed by atoms with E-state index in [0.29, 0.717) is 23.7 Å². The molecular weight excluding hydrogens is 400 g/mol. The van der Waals surface area contributed by atoms with Gasteiger partial charge in [0.1, 0.15) is 11.5 Å². The molecule has 0 saturated heterocycles. The van der Waals surface area contributed by atoms with Crippen molar-refractivity contribution in [1.82, 2.24) is 0 Å². The molecule has 0 atom stereocenters. The molecule has 0 aliphatic heterocycles. The van der Waals surface area contributed by atoms with Gasteiger partial charge in [-0.3, -0.25) is 0 Å². The summed E-state index contributed by atoms with van der Waals surface area (Å²) < 4.78 is 16.5. The summed E-state index contributed by atoms with van der Waals surface area (Å²) in [5.41, 5.74) is 6.67. The summed E-state index contributed by atoms with van der Waals surface area (Å²) in [6, 6.07) is 8.31. The number of hydrogen-bond donors (Lipinski definition) is 0. The van der Waals surface area contributed by atoms with Crippen molar-refractivity contribution in [1.29, 1.82) is 0 Å². The van der Waals surface area contributed by atoms with E-state index in [2.05, 4.69) is 58.6 Å². The molecule has 3 rings (SSSR count). The van der Waals surface area contributed by atoms with Gasteiger partial charge in [-0.15, -0.1) is 0 Å². The van der Waals surface area contributed by atoms with Gasteiger partial charge in [0.2, 0.25) is 0 Å². The smallest absolute Gasteiger partial charge is 0.384 e. The van der Waals surface area contributed by atoms with E-state index in [9.17, 15) is 4.79 Å². The van der Waals surface area contributed by atoms with Crippen LogP contribution < -0.4 is 9.47 Å². The van der Waals surface area contributed by atoms with Crippen molar-refractivity contribution >= 4 is 5.97 Å². The lowest BCUT2D eigenvalue weighted by molar-refractivity contribution is -0.136. The highest BCUT2D eigenvalue weighted by atomic mass is 16.5. The number of fused-ring (bicyclic) bond motifs is 1. The van der Waals surface area contributed by atoms with Crippen LogP contribution in [0.25, 0.3) is 11.1 Å². The second-order valence-electron chi connectivity index (χ2n) is 9.67. The molecule has 170 valence electrons. The number of rotatable bonds is 4. The number of hydrogen-bond acceptors (Lipinski definition) is 4. The van der Waals surface area contributed by atoms with E-state index >= 15 is 0 Å². The summed E-state index contributed by atoms with van der Waals surface area (Å²) >= 11 is 0. The average molecular weight is 435 g/mol. The van der Waals surface area contributed by atoms with Crippen LogP contribution in [-0.2, 0) is 20.4 Å². The minimum absolute atomic E-state index is 0.0785. The van der Waals surface area contributed by atoms with Gasteiger partial charge < -0.3 is 14.2 Å². The van der Waals surface area contributed by atoms with E-state index in [-0.39, 0.29) is 10.8 Å². The highest BCUT2D eigenvalue weighted by Gasteiger charge is 2.38. The van der Waals surface area contributed by atoms with Crippen LogP contribution in [0.3, 0.4) is 0 Å². The van der Waals surface area contributed by atoms with Crippen molar-refractivity contribution in [3.63, 3.8) is 0 Å². The Kier molecular flexibility index (Phi) is 6.60. The molecule has 0 spiro atoms. The maximum Gasteiger partial charge on any atom is 0.384 e. The lowest BCUT2D eigenvalue weighted by Gasteiger charge is -2.42. The third-order valence-electron chi connectivity index (χ3n) is 6.59. The Bertz CT molecular complexity index is 1100. The molecule has 0 fully saturated rings. The number of carbonyl (C=O) groups excluding carboxylic acids is 1.